The van der Waals surface area contributed by atoms with Gasteiger partial charge in [0.25, 0.3) is 0 Å². The SMILES string of the molecule is Cc1cc(C)c(C2(O)CC3CCCC(C2)N3C(=O)OCc2ccccc2)cc1C. The fourth-order valence-corrected chi connectivity index (χ4v) is 5.20. The van der Waals surface area contributed by atoms with E-state index in [2.05, 4.69) is 32.9 Å². The van der Waals surface area contributed by atoms with E-state index >= 15 is 0 Å². The summed E-state index contributed by atoms with van der Waals surface area (Å²) in [6.07, 6.45) is 3.84. The van der Waals surface area contributed by atoms with Gasteiger partial charge in [0.15, 0.2) is 0 Å². The van der Waals surface area contributed by atoms with Crippen molar-refractivity contribution in [3.8, 4) is 0 Å². The van der Waals surface area contributed by atoms with Crippen molar-refractivity contribution in [1.29, 1.82) is 0 Å². The molecule has 2 saturated heterocycles. The van der Waals surface area contributed by atoms with Gasteiger partial charge in [0.2, 0.25) is 0 Å². The maximum Gasteiger partial charge on any atom is 0.410 e. The summed E-state index contributed by atoms with van der Waals surface area (Å²) in [6.45, 7) is 6.57. The van der Waals surface area contributed by atoms with E-state index in [0.29, 0.717) is 12.8 Å². The molecule has 0 spiro atoms. The standard InChI is InChI=1S/C25H31NO3/c1-17-12-19(3)23(13-18(17)2)25(28)14-21-10-7-11-22(15-25)26(21)24(27)29-16-20-8-5-4-6-9-20/h4-6,8-9,12-13,21-22,28H,7,10-11,14-16H2,1-3H3. The van der Waals surface area contributed by atoms with E-state index < -0.39 is 5.60 Å². The van der Waals surface area contributed by atoms with Gasteiger partial charge in [-0.3, -0.25) is 0 Å². The van der Waals surface area contributed by atoms with Crippen molar-refractivity contribution in [3.05, 3.63) is 70.3 Å². The molecule has 0 aromatic heterocycles. The third-order valence-corrected chi connectivity index (χ3v) is 6.77. The number of aliphatic hydroxyl groups is 1. The average molecular weight is 394 g/mol. The predicted molar refractivity (Wildman–Crippen MR) is 114 cm³/mol. The summed E-state index contributed by atoms with van der Waals surface area (Å²) in [7, 11) is 0. The molecule has 0 radical (unpaired) electrons. The minimum atomic E-state index is -0.880. The Morgan fingerprint density at radius 3 is 2.31 bits per heavy atom. The van der Waals surface area contributed by atoms with Crippen molar-refractivity contribution in [1.82, 2.24) is 4.90 Å². The van der Waals surface area contributed by atoms with E-state index in [9.17, 15) is 9.90 Å². The number of hydrogen-bond acceptors (Lipinski definition) is 3. The maximum atomic E-state index is 12.9. The van der Waals surface area contributed by atoms with E-state index in [1.54, 1.807) is 0 Å². The number of hydrogen-bond donors (Lipinski definition) is 1. The highest BCUT2D eigenvalue weighted by Crippen LogP contribution is 2.45. The van der Waals surface area contributed by atoms with Crippen molar-refractivity contribution >= 4 is 6.09 Å². The quantitative estimate of drug-likeness (QED) is 0.784. The van der Waals surface area contributed by atoms with Gasteiger partial charge in [-0.1, -0.05) is 42.5 Å². The number of nitrogens with zero attached hydrogens (tertiary/aromatic N) is 1. The van der Waals surface area contributed by atoms with Gasteiger partial charge in [-0.15, -0.1) is 0 Å². The first-order chi connectivity index (χ1) is 13.9. The molecular weight excluding hydrogens is 362 g/mol. The minimum absolute atomic E-state index is 0.0248. The average Bonchev–Trinajstić information content (AvgIpc) is 2.69. The van der Waals surface area contributed by atoms with E-state index in [1.165, 1.54) is 11.1 Å². The Morgan fingerprint density at radius 1 is 1.03 bits per heavy atom. The monoisotopic (exact) mass is 393 g/mol. The van der Waals surface area contributed by atoms with Crippen LogP contribution in [0.15, 0.2) is 42.5 Å². The lowest BCUT2D eigenvalue weighted by Crippen LogP contribution is -2.59. The van der Waals surface area contributed by atoms with Crippen LogP contribution in [0, 0.1) is 20.8 Å². The van der Waals surface area contributed by atoms with Gasteiger partial charge in [-0.2, -0.15) is 0 Å². The smallest absolute Gasteiger partial charge is 0.410 e. The second-order valence-electron chi connectivity index (χ2n) is 8.88. The molecule has 1 N–H and O–H groups in total. The lowest BCUT2D eigenvalue weighted by atomic mass is 9.71. The largest absolute Gasteiger partial charge is 0.445 e. The van der Waals surface area contributed by atoms with E-state index in [4.69, 9.17) is 4.74 Å². The number of aryl methyl sites for hydroxylation is 3. The van der Waals surface area contributed by atoms with Crippen molar-refractivity contribution in [3.63, 3.8) is 0 Å². The van der Waals surface area contributed by atoms with Gasteiger partial charge >= 0.3 is 6.09 Å². The molecule has 2 fully saturated rings. The number of rotatable bonds is 3. The molecular formula is C25H31NO3. The Morgan fingerprint density at radius 2 is 1.66 bits per heavy atom. The van der Waals surface area contributed by atoms with Crippen molar-refractivity contribution in [2.24, 2.45) is 0 Å². The van der Waals surface area contributed by atoms with Crippen LogP contribution in [0.1, 0.15) is 59.9 Å². The molecule has 2 aromatic carbocycles. The number of piperidine rings is 2. The molecule has 29 heavy (non-hydrogen) atoms. The molecule has 0 aliphatic carbocycles. The Kier molecular flexibility index (Phi) is 5.39. The minimum Gasteiger partial charge on any atom is -0.445 e. The third kappa shape index (κ3) is 3.91. The van der Waals surface area contributed by atoms with Crippen LogP contribution in [0.3, 0.4) is 0 Å². The molecule has 0 saturated carbocycles. The number of carbonyl (C=O) groups excluding carboxylic acids is 1. The van der Waals surface area contributed by atoms with Crippen LogP contribution >= 0.6 is 0 Å². The lowest BCUT2D eigenvalue weighted by molar-refractivity contribution is -0.0899. The van der Waals surface area contributed by atoms with E-state index in [0.717, 1.165) is 36.0 Å². The molecule has 4 nitrogen and oxygen atoms in total. The highest BCUT2D eigenvalue weighted by atomic mass is 16.6. The first-order valence-corrected chi connectivity index (χ1v) is 10.7. The molecule has 154 valence electrons. The summed E-state index contributed by atoms with van der Waals surface area (Å²) in [4.78, 5) is 14.8. The summed E-state index contributed by atoms with van der Waals surface area (Å²) < 4.78 is 5.64. The van der Waals surface area contributed by atoms with Crippen molar-refractivity contribution in [2.45, 2.75) is 77.2 Å². The van der Waals surface area contributed by atoms with Crippen LogP contribution in [0.4, 0.5) is 4.79 Å². The zero-order valence-corrected chi connectivity index (χ0v) is 17.6. The number of benzene rings is 2. The highest BCUT2D eigenvalue weighted by molar-refractivity contribution is 5.69. The second-order valence-corrected chi connectivity index (χ2v) is 8.88. The molecule has 2 aromatic rings. The summed E-state index contributed by atoms with van der Waals surface area (Å²) in [5.74, 6) is 0. The van der Waals surface area contributed by atoms with Gasteiger partial charge in [0, 0.05) is 24.9 Å². The van der Waals surface area contributed by atoms with E-state index in [1.807, 2.05) is 35.2 Å². The Balaban J connectivity index is 1.53. The van der Waals surface area contributed by atoms with Crippen LogP contribution in [0.2, 0.25) is 0 Å². The van der Waals surface area contributed by atoms with Crippen LogP contribution in [-0.4, -0.2) is 28.2 Å². The Bertz CT molecular complexity index is 878. The lowest BCUT2D eigenvalue weighted by Gasteiger charge is -2.51. The summed E-state index contributed by atoms with van der Waals surface area (Å²) in [6, 6.07) is 14.1. The fourth-order valence-electron chi connectivity index (χ4n) is 5.20. The molecule has 4 rings (SSSR count). The van der Waals surface area contributed by atoms with Gasteiger partial charge in [-0.25, -0.2) is 4.79 Å². The topological polar surface area (TPSA) is 49.8 Å². The maximum absolute atomic E-state index is 12.9. The van der Waals surface area contributed by atoms with Crippen LogP contribution < -0.4 is 0 Å². The van der Waals surface area contributed by atoms with Gasteiger partial charge in [0.05, 0.1) is 5.60 Å². The predicted octanol–water partition coefficient (Wildman–Crippen LogP) is 5.15. The number of fused-ring (bicyclic) bond motifs is 2. The third-order valence-electron chi connectivity index (χ3n) is 6.77. The Hall–Kier alpha value is -2.33. The molecule has 4 heteroatoms. The number of carbonyl (C=O) groups is 1. The van der Waals surface area contributed by atoms with Gasteiger partial charge in [-0.05, 0) is 67.9 Å². The van der Waals surface area contributed by atoms with Crippen molar-refractivity contribution < 1.29 is 14.6 Å². The molecule has 2 bridgehead atoms. The summed E-state index contributed by atoms with van der Waals surface area (Å²) in [5.41, 5.74) is 4.72. The highest BCUT2D eigenvalue weighted by Gasteiger charge is 2.49. The zero-order valence-electron chi connectivity index (χ0n) is 17.6. The van der Waals surface area contributed by atoms with Crippen molar-refractivity contribution in [2.75, 3.05) is 0 Å². The van der Waals surface area contributed by atoms with Crippen LogP contribution in [-0.2, 0) is 16.9 Å². The molecule has 1 amide bonds. The number of amides is 1. The summed E-state index contributed by atoms with van der Waals surface area (Å²) in [5, 5.41) is 11.7. The first kappa shape index (κ1) is 20.0. The molecule has 2 aliphatic rings. The fraction of sp³-hybridized carbons (Fsp3) is 0.480. The zero-order chi connectivity index (χ0) is 20.6. The van der Waals surface area contributed by atoms with E-state index in [-0.39, 0.29) is 24.8 Å². The molecule has 2 heterocycles. The first-order valence-electron chi connectivity index (χ1n) is 10.7. The molecule has 2 aliphatic heterocycles. The van der Waals surface area contributed by atoms with Gasteiger partial charge < -0.3 is 14.7 Å². The summed E-state index contributed by atoms with van der Waals surface area (Å²) >= 11 is 0. The van der Waals surface area contributed by atoms with Crippen LogP contribution in [0.25, 0.3) is 0 Å². The number of ether oxygens (including phenoxy) is 1. The molecule has 2 atom stereocenters. The normalized spacial score (nSPS) is 26.3. The van der Waals surface area contributed by atoms with Crippen LogP contribution in [0.5, 0.6) is 0 Å². The van der Waals surface area contributed by atoms with Gasteiger partial charge in [0.1, 0.15) is 6.61 Å². The molecule has 2 unspecified atom stereocenters. The Labute approximate surface area is 173 Å². The second kappa shape index (κ2) is 7.83.